The van der Waals surface area contributed by atoms with Crippen molar-refractivity contribution in [2.45, 2.75) is 0 Å². The fourth-order valence-corrected chi connectivity index (χ4v) is 2.92. The molecule has 0 spiro atoms. The van der Waals surface area contributed by atoms with Gasteiger partial charge in [-0.15, -0.1) is 0 Å². The Morgan fingerprint density at radius 1 is 1.14 bits per heavy atom. The normalized spacial score (nSPS) is 11.5. The quantitative estimate of drug-likeness (QED) is 0.412. The number of nitrogens with one attached hydrogen (secondary N) is 2. The van der Waals surface area contributed by atoms with Crippen LogP contribution in [-0.4, -0.2) is 36.5 Å². The van der Waals surface area contributed by atoms with Crippen LogP contribution < -0.4 is 14.9 Å². The third kappa shape index (κ3) is 5.32. The standard InChI is InChI=1S/C21H19BrN4O3/c1-28-16-8-9-20(29-2)17(11-16)18-12-19(25-24-18)21(27)26-23-13-15(22)10-14-6-4-3-5-7-14/h3-13H,1-2H3,(H,24,25)(H,26,27). The van der Waals surface area contributed by atoms with Gasteiger partial charge in [0.15, 0.2) is 0 Å². The average Bonchev–Trinajstić information content (AvgIpc) is 3.24. The number of hydrogen-bond donors (Lipinski definition) is 2. The Bertz CT molecular complexity index is 1050. The fourth-order valence-electron chi connectivity index (χ4n) is 2.55. The van der Waals surface area contributed by atoms with Gasteiger partial charge in [-0.2, -0.15) is 10.2 Å². The van der Waals surface area contributed by atoms with E-state index in [1.165, 1.54) is 6.21 Å². The predicted octanol–water partition coefficient (Wildman–Crippen LogP) is 4.25. The van der Waals surface area contributed by atoms with Gasteiger partial charge in [0.1, 0.15) is 17.2 Å². The minimum absolute atomic E-state index is 0.269. The molecule has 0 aliphatic heterocycles. The summed E-state index contributed by atoms with van der Waals surface area (Å²) in [6.07, 6.45) is 3.40. The van der Waals surface area contributed by atoms with Gasteiger partial charge in [-0.3, -0.25) is 9.89 Å². The monoisotopic (exact) mass is 454 g/mol. The third-order valence-electron chi connectivity index (χ3n) is 3.96. The second kappa shape index (κ2) is 9.70. The molecule has 148 valence electrons. The number of H-pyrrole nitrogens is 1. The number of allylic oxidation sites excluding steroid dienone is 1. The highest BCUT2D eigenvalue weighted by Gasteiger charge is 2.14. The summed E-state index contributed by atoms with van der Waals surface area (Å²) >= 11 is 3.40. The molecule has 0 aliphatic carbocycles. The molecule has 0 saturated heterocycles. The molecule has 1 amide bonds. The molecule has 0 atom stereocenters. The molecule has 0 saturated carbocycles. The van der Waals surface area contributed by atoms with Gasteiger partial charge in [0.2, 0.25) is 0 Å². The highest BCUT2D eigenvalue weighted by atomic mass is 79.9. The maximum atomic E-state index is 12.3. The zero-order valence-corrected chi connectivity index (χ0v) is 17.4. The van der Waals surface area contributed by atoms with Crippen LogP contribution in [0.4, 0.5) is 0 Å². The lowest BCUT2D eigenvalue weighted by molar-refractivity contribution is 0.0950. The van der Waals surface area contributed by atoms with Gasteiger partial charge in [-0.25, -0.2) is 5.43 Å². The van der Waals surface area contributed by atoms with E-state index < -0.39 is 5.91 Å². The molecule has 1 aromatic heterocycles. The smallest absolute Gasteiger partial charge is 0.289 e. The van der Waals surface area contributed by atoms with E-state index in [2.05, 4.69) is 36.7 Å². The third-order valence-corrected chi connectivity index (χ3v) is 4.40. The summed E-state index contributed by atoms with van der Waals surface area (Å²) in [7, 11) is 3.15. The van der Waals surface area contributed by atoms with E-state index in [1.54, 1.807) is 38.5 Å². The molecule has 0 fully saturated rings. The van der Waals surface area contributed by atoms with Crippen molar-refractivity contribution in [1.82, 2.24) is 15.6 Å². The largest absolute Gasteiger partial charge is 0.497 e. The van der Waals surface area contributed by atoms with Gasteiger partial charge in [0.05, 0.1) is 26.1 Å². The number of hydrogen-bond acceptors (Lipinski definition) is 5. The van der Waals surface area contributed by atoms with E-state index in [4.69, 9.17) is 9.47 Å². The number of benzene rings is 2. The van der Waals surface area contributed by atoms with Gasteiger partial charge >= 0.3 is 0 Å². The summed E-state index contributed by atoms with van der Waals surface area (Å²) < 4.78 is 11.3. The molecular weight excluding hydrogens is 436 g/mol. The van der Waals surface area contributed by atoms with Gasteiger partial charge in [-0.1, -0.05) is 30.3 Å². The summed E-state index contributed by atoms with van der Waals surface area (Å²) in [6.45, 7) is 0. The molecular formula is C21H19BrN4O3. The van der Waals surface area contributed by atoms with Crippen LogP contribution in [0, 0.1) is 0 Å². The molecule has 0 radical (unpaired) electrons. The van der Waals surface area contributed by atoms with E-state index in [9.17, 15) is 4.79 Å². The van der Waals surface area contributed by atoms with E-state index >= 15 is 0 Å². The highest BCUT2D eigenvalue weighted by Crippen LogP contribution is 2.32. The van der Waals surface area contributed by atoms with Crippen molar-refractivity contribution >= 4 is 34.1 Å². The Balaban J connectivity index is 1.69. The SMILES string of the molecule is COc1ccc(OC)c(-c2cc(C(=O)NN=CC(Br)=Cc3ccccc3)[nH]n2)c1. The van der Waals surface area contributed by atoms with E-state index in [0.29, 0.717) is 22.8 Å². The molecule has 0 aliphatic rings. The lowest BCUT2D eigenvalue weighted by atomic mass is 10.1. The fraction of sp³-hybridized carbons (Fsp3) is 0.0952. The Kier molecular flexibility index (Phi) is 6.80. The summed E-state index contributed by atoms with van der Waals surface area (Å²) in [4.78, 5) is 12.3. The maximum absolute atomic E-state index is 12.3. The molecule has 8 heteroatoms. The van der Waals surface area contributed by atoms with Crippen LogP contribution in [0.3, 0.4) is 0 Å². The topological polar surface area (TPSA) is 88.6 Å². The first-order valence-corrected chi connectivity index (χ1v) is 9.43. The minimum atomic E-state index is -0.415. The van der Waals surface area contributed by atoms with Gasteiger partial charge < -0.3 is 9.47 Å². The second-order valence-electron chi connectivity index (χ2n) is 5.87. The van der Waals surface area contributed by atoms with E-state index in [-0.39, 0.29) is 5.69 Å². The van der Waals surface area contributed by atoms with Crippen LogP contribution in [0.1, 0.15) is 16.1 Å². The van der Waals surface area contributed by atoms with Crippen LogP contribution in [0.5, 0.6) is 11.5 Å². The average molecular weight is 455 g/mol. The molecule has 3 aromatic rings. The summed E-state index contributed by atoms with van der Waals surface area (Å²) in [6, 6.07) is 16.7. The summed E-state index contributed by atoms with van der Waals surface area (Å²) in [5.74, 6) is 0.869. The van der Waals surface area contributed by atoms with Crippen LogP contribution in [0.2, 0.25) is 0 Å². The Hall–Kier alpha value is -3.39. The Labute approximate surface area is 176 Å². The number of ether oxygens (including phenoxy) is 2. The van der Waals surface area contributed by atoms with Crippen molar-refractivity contribution < 1.29 is 14.3 Å². The molecule has 0 unspecified atom stereocenters. The van der Waals surface area contributed by atoms with Crippen molar-refractivity contribution in [1.29, 1.82) is 0 Å². The summed E-state index contributed by atoms with van der Waals surface area (Å²) in [5, 5.41) is 10.9. The van der Waals surface area contributed by atoms with Crippen LogP contribution >= 0.6 is 15.9 Å². The van der Waals surface area contributed by atoms with Crippen molar-refractivity contribution in [3.05, 3.63) is 70.3 Å². The van der Waals surface area contributed by atoms with Crippen LogP contribution in [0.25, 0.3) is 17.3 Å². The number of aromatic nitrogens is 2. The number of amides is 1. The minimum Gasteiger partial charge on any atom is -0.497 e. The van der Waals surface area contributed by atoms with Crippen molar-refractivity contribution in [3.63, 3.8) is 0 Å². The number of carbonyl (C=O) groups is 1. The van der Waals surface area contributed by atoms with E-state index in [1.807, 2.05) is 36.4 Å². The van der Waals surface area contributed by atoms with E-state index in [0.717, 1.165) is 10.0 Å². The molecule has 3 rings (SSSR count). The molecule has 2 aromatic carbocycles. The number of rotatable bonds is 7. The number of aromatic amines is 1. The highest BCUT2D eigenvalue weighted by molar-refractivity contribution is 9.12. The van der Waals surface area contributed by atoms with Gasteiger partial charge in [0.25, 0.3) is 5.91 Å². The van der Waals surface area contributed by atoms with Crippen LogP contribution in [-0.2, 0) is 0 Å². The maximum Gasteiger partial charge on any atom is 0.289 e. The summed E-state index contributed by atoms with van der Waals surface area (Å²) in [5.41, 5.74) is 5.01. The molecule has 1 heterocycles. The molecule has 2 N–H and O–H groups in total. The second-order valence-corrected chi connectivity index (χ2v) is 6.79. The molecule has 0 bridgehead atoms. The Morgan fingerprint density at radius 2 is 1.93 bits per heavy atom. The molecule has 7 nitrogen and oxygen atoms in total. The number of hydrazone groups is 1. The first-order chi connectivity index (χ1) is 14.1. The Morgan fingerprint density at radius 3 is 2.66 bits per heavy atom. The number of carbonyl (C=O) groups excluding carboxylic acids is 1. The van der Waals surface area contributed by atoms with Crippen molar-refractivity contribution in [3.8, 4) is 22.8 Å². The number of nitrogens with zero attached hydrogens (tertiary/aromatic N) is 2. The molecule has 29 heavy (non-hydrogen) atoms. The first-order valence-electron chi connectivity index (χ1n) is 8.64. The van der Waals surface area contributed by atoms with Gasteiger partial charge in [-0.05, 0) is 51.8 Å². The van der Waals surface area contributed by atoms with Crippen molar-refractivity contribution in [2.24, 2.45) is 5.10 Å². The van der Waals surface area contributed by atoms with Gasteiger partial charge in [0, 0.05) is 10.0 Å². The lowest BCUT2D eigenvalue weighted by Crippen LogP contribution is -2.17. The van der Waals surface area contributed by atoms with Crippen molar-refractivity contribution in [2.75, 3.05) is 14.2 Å². The predicted molar refractivity (Wildman–Crippen MR) is 116 cm³/mol. The first kappa shape index (κ1) is 20.3. The number of halogens is 1. The lowest BCUT2D eigenvalue weighted by Gasteiger charge is -2.08. The zero-order valence-electron chi connectivity index (χ0n) is 15.8. The zero-order chi connectivity index (χ0) is 20.6. The van der Waals surface area contributed by atoms with Crippen LogP contribution in [0.15, 0.2) is 64.2 Å². The number of methoxy groups -OCH3 is 2.